The summed E-state index contributed by atoms with van der Waals surface area (Å²) < 4.78 is 19.9. The van der Waals surface area contributed by atoms with Gasteiger partial charge in [0.15, 0.2) is 0 Å². The molecular weight excluding hydrogens is 331 g/mol. The molecule has 4 nitrogen and oxygen atoms in total. The molecule has 0 radical (unpaired) electrons. The van der Waals surface area contributed by atoms with E-state index in [1.807, 2.05) is 19.9 Å². The lowest BCUT2D eigenvalue weighted by Crippen LogP contribution is -2.00. The molecule has 0 saturated heterocycles. The number of hydrogen-bond donors (Lipinski definition) is 0. The van der Waals surface area contributed by atoms with Gasteiger partial charge in [-0.3, -0.25) is 4.99 Å². The minimum atomic E-state index is -0.372. The minimum Gasteiger partial charge on any atom is -0.465 e. The van der Waals surface area contributed by atoms with Crippen molar-refractivity contribution in [1.29, 1.82) is 0 Å². The predicted octanol–water partition coefficient (Wildman–Crippen LogP) is 4.77. The average Bonchev–Trinajstić information content (AvgIpc) is 2.94. The van der Waals surface area contributed by atoms with E-state index in [1.54, 1.807) is 42.6 Å². The van der Waals surface area contributed by atoms with Crippen LogP contribution in [0.2, 0.25) is 0 Å². The maximum absolute atomic E-state index is 13.2. The second kappa shape index (κ2) is 7.35. The highest BCUT2D eigenvalue weighted by Gasteiger charge is 2.09. The van der Waals surface area contributed by atoms with E-state index in [4.69, 9.17) is 0 Å². The van der Waals surface area contributed by atoms with E-state index in [1.165, 1.54) is 19.2 Å². The number of carbonyl (C=O) groups is 1. The quantitative estimate of drug-likeness (QED) is 0.502. The van der Waals surface area contributed by atoms with Gasteiger partial charge >= 0.3 is 5.97 Å². The zero-order valence-electron chi connectivity index (χ0n) is 14.9. The molecule has 2 aromatic carbocycles. The number of hydrogen-bond acceptors (Lipinski definition) is 3. The molecule has 0 unspecified atom stereocenters. The normalized spacial score (nSPS) is 11.1. The summed E-state index contributed by atoms with van der Waals surface area (Å²) in [5.74, 6) is -0.628. The molecule has 0 saturated carbocycles. The Morgan fingerprint density at radius 1 is 1.08 bits per heavy atom. The summed E-state index contributed by atoms with van der Waals surface area (Å²) in [4.78, 5) is 15.9. The van der Waals surface area contributed by atoms with Crippen LogP contribution < -0.4 is 0 Å². The predicted molar refractivity (Wildman–Crippen MR) is 100 cm³/mol. The monoisotopic (exact) mass is 350 g/mol. The largest absolute Gasteiger partial charge is 0.465 e. The SMILES string of the molecule is COC(=O)c1ccc(N=Cc2cc(C)n(-c3ccc(F)cc3)c2C)cc1. The molecule has 0 N–H and O–H groups in total. The van der Waals surface area contributed by atoms with Gasteiger partial charge in [-0.15, -0.1) is 0 Å². The first kappa shape index (κ1) is 17.6. The van der Waals surface area contributed by atoms with Gasteiger partial charge < -0.3 is 9.30 Å². The average molecular weight is 350 g/mol. The number of aliphatic imine (C=N–C) groups is 1. The zero-order valence-corrected chi connectivity index (χ0v) is 14.9. The Labute approximate surface area is 151 Å². The highest BCUT2D eigenvalue weighted by molar-refractivity contribution is 5.90. The molecule has 0 bridgehead atoms. The maximum atomic E-state index is 13.2. The standard InChI is InChI=1S/C21H19FN2O2/c1-14-12-17(15(2)24(14)20-10-6-18(22)7-11-20)13-23-19-8-4-16(5-9-19)21(25)26-3/h4-13H,1-3H3. The summed E-state index contributed by atoms with van der Waals surface area (Å²) in [5.41, 5.74) is 5.16. The Balaban J connectivity index is 1.86. The van der Waals surface area contributed by atoms with Gasteiger partial charge in [-0.05, 0) is 68.4 Å². The Kier molecular flexibility index (Phi) is 4.98. The fourth-order valence-electron chi connectivity index (χ4n) is 2.85. The van der Waals surface area contributed by atoms with Crippen LogP contribution in [0.4, 0.5) is 10.1 Å². The number of aryl methyl sites for hydroxylation is 1. The van der Waals surface area contributed by atoms with Crippen molar-refractivity contribution in [1.82, 2.24) is 4.57 Å². The Morgan fingerprint density at radius 2 is 1.73 bits per heavy atom. The van der Waals surface area contributed by atoms with E-state index in [0.29, 0.717) is 5.56 Å². The van der Waals surface area contributed by atoms with Crippen LogP contribution in [0.25, 0.3) is 5.69 Å². The molecule has 0 fully saturated rings. The molecule has 0 aliphatic heterocycles. The number of methoxy groups -OCH3 is 1. The van der Waals surface area contributed by atoms with Crippen molar-refractivity contribution in [3.05, 3.63) is 82.9 Å². The topological polar surface area (TPSA) is 43.6 Å². The third-order valence-corrected chi connectivity index (χ3v) is 4.20. The lowest BCUT2D eigenvalue weighted by atomic mass is 10.2. The molecule has 0 aliphatic carbocycles. The Bertz CT molecular complexity index is 955. The van der Waals surface area contributed by atoms with Crippen LogP contribution >= 0.6 is 0 Å². The molecular formula is C21H19FN2O2. The molecule has 3 aromatic rings. The molecule has 0 aliphatic rings. The number of halogens is 1. The number of carbonyl (C=O) groups excluding carboxylic acids is 1. The molecule has 0 amide bonds. The van der Waals surface area contributed by atoms with Crippen LogP contribution in [0.1, 0.15) is 27.3 Å². The van der Waals surface area contributed by atoms with E-state index in [9.17, 15) is 9.18 Å². The van der Waals surface area contributed by atoms with Gasteiger partial charge in [-0.1, -0.05) is 0 Å². The van der Waals surface area contributed by atoms with Crippen molar-refractivity contribution in [2.45, 2.75) is 13.8 Å². The molecule has 1 heterocycles. The number of esters is 1. The number of ether oxygens (including phenoxy) is 1. The minimum absolute atomic E-state index is 0.256. The number of rotatable bonds is 4. The highest BCUT2D eigenvalue weighted by atomic mass is 19.1. The van der Waals surface area contributed by atoms with Gasteiger partial charge in [-0.25, -0.2) is 9.18 Å². The summed E-state index contributed by atoms with van der Waals surface area (Å²) in [7, 11) is 1.35. The Morgan fingerprint density at radius 3 is 2.35 bits per heavy atom. The van der Waals surface area contributed by atoms with Crippen LogP contribution in [0.15, 0.2) is 59.6 Å². The smallest absolute Gasteiger partial charge is 0.337 e. The van der Waals surface area contributed by atoms with Crippen molar-refractivity contribution in [2.75, 3.05) is 7.11 Å². The van der Waals surface area contributed by atoms with Crippen molar-refractivity contribution < 1.29 is 13.9 Å². The fraction of sp³-hybridized carbons (Fsp3) is 0.143. The van der Waals surface area contributed by atoms with Gasteiger partial charge in [0.2, 0.25) is 0 Å². The van der Waals surface area contributed by atoms with Gasteiger partial charge in [-0.2, -0.15) is 0 Å². The lowest BCUT2D eigenvalue weighted by Gasteiger charge is -2.09. The highest BCUT2D eigenvalue weighted by Crippen LogP contribution is 2.21. The first-order chi connectivity index (χ1) is 12.5. The van der Waals surface area contributed by atoms with Crippen LogP contribution in [0, 0.1) is 19.7 Å². The second-order valence-electron chi connectivity index (χ2n) is 5.93. The van der Waals surface area contributed by atoms with Crippen LogP contribution in [0.3, 0.4) is 0 Å². The maximum Gasteiger partial charge on any atom is 0.337 e. The van der Waals surface area contributed by atoms with Gasteiger partial charge in [0, 0.05) is 28.9 Å². The van der Waals surface area contributed by atoms with Gasteiger partial charge in [0.25, 0.3) is 0 Å². The van der Waals surface area contributed by atoms with Crippen molar-refractivity contribution in [2.24, 2.45) is 4.99 Å². The van der Waals surface area contributed by atoms with Crippen molar-refractivity contribution in [3.8, 4) is 5.69 Å². The van der Waals surface area contributed by atoms with Gasteiger partial charge in [0.1, 0.15) is 5.82 Å². The molecule has 132 valence electrons. The summed E-state index contributed by atoms with van der Waals surface area (Å²) >= 11 is 0. The third-order valence-electron chi connectivity index (χ3n) is 4.20. The second-order valence-corrected chi connectivity index (χ2v) is 5.93. The summed E-state index contributed by atoms with van der Waals surface area (Å²) in [6.45, 7) is 4.00. The number of aromatic nitrogens is 1. The number of benzene rings is 2. The lowest BCUT2D eigenvalue weighted by molar-refractivity contribution is 0.0601. The summed E-state index contributed by atoms with van der Waals surface area (Å²) in [6.07, 6.45) is 1.79. The van der Waals surface area contributed by atoms with E-state index in [-0.39, 0.29) is 11.8 Å². The molecule has 26 heavy (non-hydrogen) atoms. The molecule has 0 atom stereocenters. The van der Waals surface area contributed by atoms with E-state index in [2.05, 4.69) is 14.3 Å². The van der Waals surface area contributed by atoms with Crippen LogP contribution in [0.5, 0.6) is 0 Å². The molecule has 0 spiro atoms. The van der Waals surface area contributed by atoms with E-state index >= 15 is 0 Å². The fourth-order valence-corrected chi connectivity index (χ4v) is 2.85. The first-order valence-corrected chi connectivity index (χ1v) is 8.17. The first-order valence-electron chi connectivity index (χ1n) is 8.17. The summed E-state index contributed by atoms with van der Waals surface area (Å²) in [6, 6.07) is 15.3. The zero-order chi connectivity index (χ0) is 18.7. The third kappa shape index (κ3) is 3.57. The molecule has 1 aromatic heterocycles. The number of nitrogens with zero attached hydrogens (tertiary/aromatic N) is 2. The molecule has 5 heteroatoms. The van der Waals surface area contributed by atoms with E-state index < -0.39 is 0 Å². The molecule has 3 rings (SSSR count). The van der Waals surface area contributed by atoms with E-state index in [0.717, 1.165) is 28.3 Å². The van der Waals surface area contributed by atoms with Gasteiger partial charge in [0.05, 0.1) is 18.4 Å². The van der Waals surface area contributed by atoms with Crippen molar-refractivity contribution in [3.63, 3.8) is 0 Å². The van der Waals surface area contributed by atoms with Crippen molar-refractivity contribution >= 4 is 17.9 Å². The van der Waals surface area contributed by atoms with Crippen LogP contribution in [-0.4, -0.2) is 23.9 Å². The Hall–Kier alpha value is -3.21. The van der Waals surface area contributed by atoms with Crippen LogP contribution in [-0.2, 0) is 4.74 Å². The summed E-state index contributed by atoms with van der Waals surface area (Å²) in [5, 5.41) is 0.